The Morgan fingerprint density at radius 3 is 2.12 bits per heavy atom. The van der Waals surface area contributed by atoms with E-state index in [0.29, 0.717) is 30.2 Å². The fourth-order valence-electron chi connectivity index (χ4n) is 3.39. The van der Waals surface area contributed by atoms with Gasteiger partial charge in [0.25, 0.3) is 5.91 Å². The average Bonchev–Trinajstić information content (AvgIpc) is 3.27. The van der Waals surface area contributed by atoms with E-state index in [1.807, 2.05) is 31.2 Å². The number of nitrogens with one attached hydrogen (secondary N) is 1. The smallest absolute Gasteiger partial charge is 0.251 e. The van der Waals surface area contributed by atoms with Crippen molar-refractivity contribution in [3.05, 3.63) is 59.9 Å². The first-order chi connectivity index (χ1) is 16.5. The number of nitrogens with zero attached hydrogens (tertiary/aromatic N) is 3. The molecule has 3 rings (SSSR count). The summed E-state index contributed by atoms with van der Waals surface area (Å²) < 4.78 is 18.2. The Hall–Kier alpha value is -3.20. The zero-order valence-corrected chi connectivity index (χ0v) is 21.1. The summed E-state index contributed by atoms with van der Waals surface area (Å²) in [6, 6.07) is 14.3. The van der Waals surface area contributed by atoms with E-state index < -0.39 is 0 Å². The number of aromatic nitrogens is 3. The first kappa shape index (κ1) is 25.4. The molecule has 34 heavy (non-hydrogen) atoms. The highest BCUT2D eigenvalue weighted by Crippen LogP contribution is 2.26. The third-order valence-corrected chi connectivity index (χ3v) is 6.22. The van der Waals surface area contributed by atoms with Crippen LogP contribution in [0.25, 0.3) is 0 Å². The largest absolute Gasteiger partial charge is 0.497 e. The number of carbonyl (C=O) groups is 1. The Labute approximate surface area is 205 Å². The molecule has 0 radical (unpaired) electrons. The molecule has 0 fully saturated rings. The molecular formula is C25H32N4O4S. The van der Waals surface area contributed by atoms with Crippen LogP contribution in [0.15, 0.2) is 53.7 Å². The number of thioether (sulfide) groups is 1. The maximum atomic E-state index is 12.9. The molecule has 0 bridgehead atoms. The van der Waals surface area contributed by atoms with Crippen molar-refractivity contribution in [2.45, 2.75) is 38.5 Å². The van der Waals surface area contributed by atoms with Gasteiger partial charge in [-0.25, -0.2) is 0 Å². The highest BCUT2D eigenvalue weighted by molar-refractivity contribution is 7.99. The molecule has 0 aliphatic rings. The van der Waals surface area contributed by atoms with Crippen molar-refractivity contribution in [2.75, 3.05) is 26.6 Å². The highest BCUT2D eigenvalue weighted by atomic mass is 32.2. The van der Waals surface area contributed by atoms with Crippen molar-refractivity contribution in [3.63, 3.8) is 0 Å². The summed E-state index contributed by atoms with van der Waals surface area (Å²) in [6.07, 6.45) is 0. The molecule has 2 aromatic carbocycles. The second kappa shape index (κ2) is 12.3. The predicted octanol–water partition coefficient (Wildman–Crippen LogP) is 4.61. The van der Waals surface area contributed by atoms with Gasteiger partial charge in [-0.15, -0.1) is 10.2 Å². The molecule has 0 saturated heterocycles. The van der Waals surface area contributed by atoms with E-state index in [0.717, 1.165) is 22.5 Å². The van der Waals surface area contributed by atoms with Crippen molar-refractivity contribution >= 4 is 17.7 Å². The molecule has 8 nitrogen and oxygen atoms in total. The van der Waals surface area contributed by atoms with Gasteiger partial charge in [0.2, 0.25) is 0 Å². The summed E-state index contributed by atoms with van der Waals surface area (Å²) in [5.74, 6) is 3.74. The van der Waals surface area contributed by atoms with Gasteiger partial charge in [-0.05, 0) is 61.4 Å². The Bertz CT molecular complexity index is 1050. The van der Waals surface area contributed by atoms with Gasteiger partial charge >= 0.3 is 0 Å². The first-order valence-corrected chi connectivity index (χ1v) is 12.2. The molecule has 3 aromatic rings. The van der Waals surface area contributed by atoms with Gasteiger partial charge in [0.05, 0.1) is 26.9 Å². The highest BCUT2D eigenvalue weighted by Gasteiger charge is 2.26. The van der Waals surface area contributed by atoms with Crippen LogP contribution < -0.4 is 19.5 Å². The molecule has 0 saturated carbocycles. The molecule has 1 unspecified atom stereocenters. The lowest BCUT2D eigenvalue weighted by molar-refractivity contribution is 0.0921. The second-order valence-corrected chi connectivity index (χ2v) is 8.94. The molecule has 0 aliphatic carbocycles. The summed E-state index contributed by atoms with van der Waals surface area (Å²) in [6.45, 7) is 7.40. The van der Waals surface area contributed by atoms with Gasteiger partial charge in [0.15, 0.2) is 11.0 Å². The standard InChI is InChI=1S/C25H32N4O4S/c1-6-29-23(22(17(2)3)26-24(30)18-7-9-19(31-4)10-8-18)27-28-25(29)34-16-15-33-21-13-11-20(32-5)12-14-21/h7-14,17,22H,6,15-16H2,1-5H3,(H,26,30). The quantitative estimate of drug-likeness (QED) is 0.297. The van der Waals surface area contributed by atoms with Gasteiger partial charge < -0.3 is 24.1 Å². The molecule has 0 spiro atoms. The molecule has 1 atom stereocenters. The molecule has 1 aromatic heterocycles. The zero-order valence-electron chi connectivity index (χ0n) is 20.3. The second-order valence-electron chi connectivity index (χ2n) is 7.88. The predicted molar refractivity (Wildman–Crippen MR) is 133 cm³/mol. The van der Waals surface area contributed by atoms with E-state index in [4.69, 9.17) is 14.2 Å². The number of benzene rings is 2. The van der Waals surface area contributed by atoms with Gasteiger partial charge in [-0.1, -0.05) is 25.6 Å². The fourth-order valence-corrected chi connectivity index (χ4v) is 4.22. The van der Waals surface area contributed by atoms with E-state index in [1.54, 1.807) is 50.2 Å². The van der Waals surface area contributed by atoms with Crippen LogP contribution in [0.2, 0.25) is 0 Å². The summed E-state index contributed by atoms with van der Waals surface area (Å²) >= 11 is 1.58. The summed E-state index contributed by atoms with van der Waals surface area (Å²) in [5.41, 5.74) is 0.569. The topological polar surface area (TPSA) is 87.5 Å². The number of hydrogen-bond donors (Lipinski definition) is 1. The minimum atomic E-state index is -0.271. The van der Waals surface area contributed by atoms with Crippen molar-refractivity contribution < 1.29 is 19.0 Å². The first-order valence-electron chi connectivity index (χ1n) is 11.2. The third kappa shape index (κ3) is 6.44. The normalized spacial score (nSPS) is 11.8. The Kier molecular flexibility index (Phi) is 9.21. The Morgan fingerprint density at radius 1 is 0.971 bits per heavy atom. The average molecular weight is 485 g/mol. The van der Waals surface area contributed by atoms with E-state index in [2.05, 4.69) is 33.9 Å². The molecule has 1 amide bonds. The zero-order chi connectivity index (χ0) is 24.5. The van der Waals surface area contributed by atoms with Crippen LogP contribution in [0, 0.1) is 5.92 Å². The number of ether oxygens (including phenoxy) is 3. The van der Waals surface area contributed by atoms with Crippen LogP contribution in [-0.2, 0) is 6.54 Å². The molecular weight excluding hydrogens is 452 g/mol. The van der Waals surface area contributed by atoms with Gasteiger partial charge in [-0.3, -0.25) is 4.79 Å². The van der Waals surface area contributed by atoms with Crippen molar-refractivity contribution in [2.24, 2.45) is 5.92 Å². The number of methoxy groups -OCH3 is 2. The van der Waals surface area contributed by atoms with Crippen molar-refractivity contribution in [1.82, 2.24) is 20.1 Å². The Balaban J connectivity index is 1.63. The summed E-state index contributed by atoms with van der Waals surface area (Å²) in [7, 11) is 3.24. The maximum absolute atomic E-state index is 12.9. The minimum absolute atomic E-state index is 0.132. The van der Waals surface area contributed by atoms with Crippen molar-refractivity contribution in [3.8, 4) is 17.2 Å². The van der Waals surface area contributed by atoms with E-state index >= 15 is 0 Å². The molecule has 1 N–H and O–H groups in total. The van der Waals surface area contributed by atoms with Crippen LogP contribution in [0.3, 0.4) is 0 Å². The van der Waals surface area contributed by atoms with Gasteiger partial charge in [0.1, 0.15) is 17.2 Å². The van der Waals surface area contributed by atoms with E-state index in [9.17, 15) is 4.79 Å². The maximum Gasteiger partial charge on any atom is 0.251 e. The molecule has 9 heteroatoms. The van der Waals surface area contributed by atoms with E-state index in [1.165, 1.54) is 0 Å². The van der Waals surface area contributed by atoms with E-state index in [-0.39, 0.29) is 17.9 Å². The summed E-state index contributed by atoms with van der Waals surface area (Å²) in [5, 5.41) is 12.8. The van der Waals surface area contributed by atoms with Crippen LogP contribution in [0.1, 0.15) is 43.0 Å². The minimum Gasteiger partial charge on any atom is -0.497 e. The molecule has 182 valence electrons. The van der Waals surface area contributed by atoms with Crippen LogP contribution in [0.4, 0.5) is 0 Å². The molecule has 1 heterocycles. The molecule has 0 aliphatic heterocycles. The van der Waals surface area contributed by atoms with Crippen LogP contribution in [-0.4, -0.2) is 47.3 Å². The Morgan fingerprint density at radius 2 is 1.56 bits per heavy atom. The van der Waals surface area contributed by atoms with Crippen LogP contribution >= 0.6 is 11.8 Å². The lowest BCUT2D eigenvalue weighted by atomic mass is 10.0. The lowest BCUT2D eigenvalue weighted by Gasteiger charge is -2.22. The third-order valence-electron chi connectivity index (χ3n) is 5.29. The van der Waals surface area contributed by atoms with Gasteiger partial charge in [0, 0.05) is 17.9 Å². The number of amides is 1. The van der Waals surface area contributed by atoms with Crippen molar-refractivity contribution in [1.29, 1.82) is 0 Å². The lowest BCUT2D eigenvalue weighted by Crippen LogP contribution is -2.33. The van der Waals surface area contributed by atoms with Gasteiger partial charge in [-0.2, -0.15) is 0 Å². The number of hydrogen-bond acceptors (Lipinski definition) is 7. The number of rotatable bonds is 12. The summed E-state index contributed by atoms with van der Waals surface area (Å²) in [4.78, 5) is 12.9. The SMILES string of the molecule is CCn1c(SCCOc2ccc(OC)cc2)nnc1C(NC(=O)c1ccc(OC)cc1)C(C)C. The van der Waals surface area contributed by atoms with Crippen LogP contribution in [0.5, 0.6) is 17.2 Å². The fraction of sp³-hybridized carbons (Fsp3) is 0.400. The monoisotopic (exact) mass is 484 g/mol. The number of carbonyl (C=O) groups excluding carboxylic acids is 1.